The molecule has 4 nitrogen and oxygen atoms in total. The van der Waals surface area contributed by atoms with E-state index in [1.54, 1.807) is 6.20 Å². The number of nitrogens with zero attached hydrogens (tertiary/aromatic N) is 3. The lowest BCUT2D eigenvalue weighted by molar-refractivity contribution is 0.0994. The maximum Gasteiger partial charge on any atom is 0.100 e. The van der Waals surface area contributed by atoms with E-state index in [1.165, 1.54) is 12.8 Å². The molecule has 1 aromatic heterocycles. The van der Waals surface area contributed by atoms with Gasteiger partial charge in [-0.2, -0.15) is 0 Å². The van der Waals surface area contributed by atoms with Crippen molar-refractivity contribution in [3.8, 4) is 0 Å². The van der Waals surface area contributed by atoms with Gasteiger partial charge in [-0.1, -0.05) is 31.9 Å². The van der Waals surface area contributed by atoms with Gasteiger partial charge >= 0.3 is 0 Å². The first kappa shape index (κ1) is 12.6. The number of aryl methyl sites for hydroxylation is 1. The van der Waals surface area contributed by atoms with Crippen molar-refractivity contribution < 1.29 is 5.11 Å². The maximum atomic E-state index is 10.4. The second-order valence-electron chi connectivity index (χ2n) is 5.17. The van der Waals surface area contributed by atoms with Gasteiger partial charge in [-0.3, -0.25) is 0 Å². The fourth-order valence-corrected chi connectivity index (χ4v) is 2.89. The summed E-state index contributed by atoms with van der Waals surface area (Å²) < 4.78 is 1.85. The van der Waals surface area contributed by atoms with Crippen LogP contribution in [0.25, 0.3) is 0 Å². The highest BCUT2D eigenvalue weighted by atomic mass is 16.3. The molecule has 1 aliphatic rings. The van der Waals surface area contributed by atoms with E-state index in [2.05, 4.69) is 24.2 Å². The lowest BCUT2D eigenvalue weighted by Crippen LogP contribution is -2.15. The van der Waals surface area contributed by atoms with Gasteiger partial charge < -0.3 is 5.11 Å². The molecule has 0 spiro atoms. The molecule has 96 valence electrons. The van der Waals surface area contributed by atoms with Crippen LogP contribution in [0.3, 0.4) is 0 Å². The predicted octanol–water partition coefficient (Wildman–Crippen LogP) is 2.55. The van der Waals surface area contributed by atoms with Crippen molar-refractivity contribution in [1.29, 1.82) is 0 Å². The molecule has 1 fully saturated rings. The van der Waals surface area contributed by atoms with Crippen LogP contribution < -0.4 is 0 Å². The SMILES string of the molecule is CCCn1nncc1C(O)C1CCC(CC)C1. The van der Waals surface area contributed by atoms with Gasteiger partial charge in [-0.15, -0.1) is 5.10 Å². The van der Waals surface area contributed by atoms with E-state index in [4.69, 9.17) is 0 Å². The average Bonchev–Trinajstić information content (AvgIpc) is 2.97. The molecule has 0 radical (unpaired) electrons. The van der Waals surface area contributed by atoms with E-state index >= 15 is 0 Å². The molecule has 17 heavy (non-hydrogen) atoms. The van der Waals surface area contributed by atoms with Gasteiger partial charge in [0.1, 0.15) is 6.10 Å². The first-order valence-electron chi connectivity index (χ1n) is 6.82. The fraction of sp³-hybridized carbons (Fsp3) is 0.846. The minimum atomic E-state index is -0.381. The number of hydrogen-bond acceptors (Lipinski definition) is 3. The second-order valence-corrected chi connectivity index (χ2v) is 5.17. The van der Waals surface area contributed by atoms with Crippen LogP contribution in [0.2, 0.25) is 0 Å². The Morgan fingerprint density at radius 2 is 2.29 bits per heavy atom. The van der Waals surface area contributed by atoms with Crippen LogP contribution in [0.15, 0.2) is 6.20 Å². The third kappa shape index (κ3) is 2.68. The normalized spacial score (nSPS) is 26.3. The summed E-state index contributed by atoms with van der Waals surface area (Å²) in [6.45, 7) is 5.19. The Labute approximate surface area is 103 Å². The summed E-state index contributed by atoms with van der Waals surface area (Å²) >= 11 is 0. The van der Waals surface area contributed by atoms with E-state index in [9.17, 15) is 5.11 Å². The lowest BCUT2D eigenvalue weighted by atomic mass is 9.96. The Morgan fingerprint density at radius 1 is 1.47 bits per heavy atom. The molecule has 0 saturated heterocycles. The summed E-state index contributed by atoms with van der Waals surface area (Å²) in [6, 6.07) is 0. The van der Waals surface area contributed by atoms with Gasteiger partial charge in [0, 0.05) is 6.54 Å². The monoisotopic (exact) mass is 237 g/mol. The van der Waals surface area contributed by atoms with Crippen LogP contribution in [0.1, 0.15) is 57.7 Å². The van der Waals surface area contributed by atoms with Crippen molar-refractivity contribution in [2.24, 2.45) is 11.8 Å². The average molecular weight is 237 g/mol. The highest BCUT2D eigenvalue weighted by Crippen LogP contribution is 2.40. The Balaban J connectivity index is 2.03. The Morgan fingerprint density at radius 3 is 2.94 bits per heavy atom. The Hall–Kier alpha value is -0.900. The van der Waals surface area contributed by atoms with Crippen molar-refractivity contribution in [3.63, 3.8) is 0 Å². The number of rotatable bonds is 5. The molecule has 1 N–H and O–H groups in total. The summed E-state index contributed by atoms with van der Waals surface area (Å²) in [5.74, 6) is 1.19. The zero-order valence-corrected chi connectivity index (χ0v) is 10.8. The van der Waals surface area contributed by atoms with Crippen LogP contribution >= 0.6 is 0 Å². The quantitative estimate of drug-likeness (QED) is 0.856. The predicted molar refractivity (Wildman–Crippen MR) is 66.4 cm³/mol. The van der Waals surface area contributed by atoms with Crippen molar-refractivity contribution in [1.82, 2.24) is 15.0 Å². The Bertz CT molecular complexity index is 350. The van der Waals surface area contributed by atoms with Gasteiger partial charge in [-0.25, -0.2) is 4.68 Å². The number of hydrogen-bond donors (Lipinski definition) is 1. The summed E-state index contributed by atoms with van der Waals surface area (Å²) in [5, 5.41) is 18.4. The van der Waals surface area contributed by atoms with Crippen LogP contribution in [0.5, 0.6) is 0 Å². The lowest BCUT2D eigenvalue weighted by Gasteiger charge is -2.18. The molecule has 1 saturated carbocycles. The number of aromatic nitrogens is 3. The molecule has 0 amide bonds. The first-order chi connectivity index (χ1) is 8.26. The van der Waals surface area contributed by atoms with Crippen molar-refractivity contribution in [3.05, 3.63) is 11.9 Å². The highest BCUT2D eigenvalue weighted by Gasteiger charge is 2.31. The number of aliphatic hydroxyl groups is 1. The molecule has 1 aliphatic carbocycles. The van der Waals surface area contributed by atoms with Crippen LogP contribution in [-0.4, -0.2) is 20.1 Å². The fourth-order valence-electron chi connectivity index (χ4n) is 2.89. The van der Waals surface area contributed by atoms with E-state index in [0.717, 1.165) is 37.4 Å². The smallest absolute Gasteiger partial charge is 0.100 e. The second kappa shape index (κ2) is 5.63. The first-order valence-corrected chi connectivity index (χ1v) is 6.82. The molecule has 0 aromatic carbocycles. The summed E-state index contributed by atoms with van der Waals surface area (Å²) in [6.07, 6.45) is 7.13. The summed E-state index contributed by atoms with van der Waals surface area (Å²) in [5.41, 5.74) is 0.897. The molecule has 0 aliphatic heterocycles. The number of aliphatic hydroxyl groups excluding tert-OH is 1. The van der Waals surface area contributed by atoms with Gasteiger partial charge in [0.15, 0.2) is 0 Å². The van der Waals surface area contributed by atoms with Gasteiger partial charge in [-0.05, 0) is 31.1 Å². The van der Waals surface area contributed by atoms with Gasteiger partial charge in [0.05, 0.1) is 11.9 Å². The van der Waals surface area contributed by atoms with E-state index in [1.807, 2.05) is 4.68 Å². The largest absolute Gasteiger partial charge is 0.386 e. The Kier molecular flexibility index (Phi) is 4.15. The highest BCUT2D eigenvalue weighted by molar-refractivity contribution is 5.02. The molecule has 2 rings (SSSR count). The summed E-state index contributed by atoms with van der Waals surface area (Å²) in [7, 11) is 0. The minimum Gasteiger partial charge on any atom is -0.386 e. The van der Waals surface area contributed by atoms with Crippen molar-refractivity contribution >= 4 is 0 Å². The van der Waals surface area contributed by atoms with Gasteiger partial charge in [0.2, 0.25) is 0 Å². The maximum absolute atomic E-state index is 10.4. The van der Waals surface area contributed by atoms with E-state index in [-0.39, 0.29) is 6.10 Å². The van der Waals surface area contributed by atoms with Crippen molar-refractivity contribution in [2.45, 2.75) is 58.6 Å². The van der Waals surface area contributed by atoms with Crippen LogP contribution in [0, 0.1) is 11.8 Å². The zero-order chi connectivity index (χ0) is 12.3. The van der Waals surface area contributed by atoms with Gasteiger partial charge in [0.25, 0.3) is 0 Å². The molecular weight excluding hydrogens is 214 g/mol. The molecule has 3 unspecified atom stereocenters. The van der Waals surface area contributed by atoms with E-state index in [0.29, 0.717) is 5.92 Å². The standard InChI is InChI=1S/C13H23N3O/c1-3-7-16-12(9-14-15-16)13(17)11-6-5-10(4-2)8-11/h9-11,13,17H,3-8H2,1-2H3. The van der Waals surface area contributed by atoms with E-state index < -0.39 is 0 Å². The topological polar surface area (TPSA) is 50.9 Å². The third-order valence-corrected chi connectivity index (χ3v) is 3.99. The van der Waals surface area contributed by atoms with Crippen LogP contribution in [0.4, 0.5) is 0 Å². The summed E-state index contributed by atoms with van der Waals surface area (Å²) in [4.78, 5) is 0. The van der Waals surface area contributed by atoms with Crippen LogP contribution in [-0.2, 0) is 6.54 Å². The zero-order valence-electron chi connectivity index (χ0n) is 10.8. The molecule has 1 heterocycles. The third-order valence-electron chi connectivity index (χ3n) is 3.99. The molecule has 0 bridgehead atoms. The molecular formula is C13H23N3O. The molecule has 4 heteroatoms. The minimum absolute atomic E-state index is 0.381. The van der Waals surface area contributed by atoms with Crippen molar-refractivity contribution in [2.75, 3.05) is 0 Å². The molecule has 1 aromatic rings. The molecule has 3 atom stereocenters.